The largest absolute Gasteiger partial charge is 0.494 e. The molecule has 38 valence electrons. The van der Waals surface area contributed by atoms with Crippen molar-refractivity contribution in [1.29, 1.82) is 0 Å². The zero-order valence-electron chi connectivity index (χ0n) is 4.29. The molecule has 1 aliphatic heterocycles. The van der Waals surface area contributed by atoms with E-state index < -0.39 is 0 Å². The number of hydrogen-bond donors (Lipinski definition) is 0. The number of allylic oxidation sites excluding steroid dienone is 2. The molecule has 7 heavy (non-hydrogen) atoms. The highest BCUT2D eigenvalue weighted by Gasteiger charge is 1.92. The first kappa shape index (κ1) is 4.44. The third kappa shape index (κ3) is 1.07. The first-order valence-corrected chi connectivity index (χ1v) is 2.38. The second-order valence-electron chi connectivity index (χ2n) is 1.55. The van der Waals surface area contributed by atoms with Gasteiger partial charge >= 0.3 is 0 Å². The van der Waals surface area contributed by atoms with Crippen molar-refractivity contribution < 1.29 is 4.74 Å². The van der Waals surface area contributed by atoms with E-state index in [1.54, 1.807) is 6.26 Å². The molecule has 0 radical (unpaired) electrons. The van der Waals surface area contributed by atoms with Crippen molar-refractivity contribution in [2.24, 2.45) is 0 Å². The minimum Gasteiger partial charge on any atom is -0.494 e. The van der Waals surface area contributed by atoms with E-state index in [0.29, 0.717) is 0 Å². The van der Waals surface area contributed by atoms with Crippen molar-refractivity contribution in [3.63, 3.8) is 0 Å². The van der Waals surface area contributed by atoms with E-state index in [1.165, 1.54) is 0 Å². The average molecular weight is 96.1 g/mol. The van der Waals surface area contributed by atoms with Crippen LogP contribution in [-0.2, 0) is 4.74 Å². The normalized spacial score (nSPS) is 27.3. The zero-order chi connectivity index (χ0) is 5.11. The molecule has 1 heterocycles. The molecule has 0 unspecified atom stereocenters. The highest BCUT2D eigenvalue weighted by Crippen LogP contribution is 1.98. The molecular weight excluding hydrogens is 88.1 g/mol. The average Bonchev–Trinajstić information content (AvgIpc) is 1.69. The van der Waals surface area contributed by atoms with Crippen molar-refractivity contribution in [3.05, 3.63) is 24.5 Å². The quantitative estimate of drug-likeness (QED) is 0.443. The maximum Gasteiger partial charge on any atom is 0.113 e. The third-order valence-electron chi connectivity index (χ3n) is 0.865. The van der Waals surface area contributed by atoms with Crippen LogP contribution in [-0.4, -0.2) is 6.10 Å². The Kier molecular flexibility index (Phi) is 1.16. The Balaban J connectivity index is 2.49. The maximum absolute atomic E-state index is 5.01. The van der Waals surface area contributed by atoms with E-state index in [-0.39, 0.29) is 6.10 Å². The molecule has 0 aliphatic carbocycles. The van der Waals surface area contributed by atoms with E-state index in [4.69, 9.17) is 4.74 Å². The van der Waals surface area contributed by atoms with E-state index in [2.05, 4.69) is 0 Å². The summed E-state index contributed by atoms with van der Waals surface area (Å²) >= 11 is 0. The first-order valence-electron chi connectivity index (χ1n) is 2.38. The lowest BCUT2D eigenvalue weighted by Crippen LogP contribution is -1.99. The summed E-state index contributed by atoms with van der Waals surface area (Å²) in [5.74, 6) is 0. The second kappa shape index (κ2) is 1.82. The minimum atomic E-state index is 0.269. The van der Waals surface area contributed by atoms with Crippen LogP contribution >= 0.6 is 0 Å². The molecule has 1 rings (SSSR count). The van der Waals surface area contributed by atoms with Gasteiger partial charge in [-0.1, -0.05) is 6.08 Å². The Labute approximate surface area is 43.3 Å². The van der Waals surface area contributed by atoms with Crippen LogP contribution in [0.5, 0.6) is 0 Å². The predicted octanol–water partition coefficient (Wildman–Crippen LogP) is 1.47. The number of ether oxygens (including phenoxy) is 1. The van der Waals surface area contributed by atoms with Crippen molar-refractivity contribution in [1.82, 2.24) is 0 Å². The molecule has 0 aromatic rings. The molecule has 0 N–H and O–H groups in total. The lowest BCUT2D eigenvalue weighted by Gasteiger charge is -2.06. The van der Waals surface area contributed by atoms with E-state index in [9.17, 15) is 0 Å². The van der Waals surface area contributed by atoms with Crippen LogP contribution in [0.2, 0.25) is 0 Å². The predicted molar refractivity (Wildman–Crippen MR) is 28.8 cm³/mol. The molecule has 0 spiro atoms. The summed E-state index contributed by atoms with van der Waals surface area (Å²) in [5.41, 5.74) is 0. The monoisotopic (exact) mass is 96.1 g/mol. The summed E-state index contributed by atoms with van der Waals surface area (Å²) < 4.78 is 5.01. The van der Waals surface area contributed by atoms with E-state index in [1.807, 2.05) is 25.2 Å². The Morgan fingerprint density at radius 1 is 1.43 bits per heavy atom. The standard InChI is InChI=1S/C6H8O/c1-6-4-2-3-5-7-6/h2-6H,1H3/t6-/m1/s1. The minimum absolute atomic E-state index is 0.269. The molecule has 0 saturated heterocycles. The molecule has 1 atom stereocenters. The van der Waals surface area contributed by atoms with Gasteiger partial charge in [0.05, 0.1) is 6.26 Å². The van der Waals surface area contributed by atoms with Crippen LogP contribution in [0.3, 0.4) is 0 Å². The molecule has 0 amide bonds. The highest BCUT2D eigenvalue weighted by molar-refractivity contribution is 5.06. The van der Waals surface area contributed by atoms with Crippen molar-refractivity contribution >= 4 is 0 Å². The van der Waals surface area contributed by atoms with Gasteiger partial charge in [-0.3, -0.25) is 0 Å². The first-order chi connectivity index (χ1) is 3.39. The van der Waals surface area contributed by atoms with Gasteiger partial charge in [-0.2, -0.15) is 0 Å². The van der Waals surface area contributed by atoms with Gasteiger partial charge in [0, 0.05) is 0 Å². The second-order valence-corrected chi connectivity index (χ2v) is 1.55. The topological polar surface area (TPSA) is 9.23 Å². The fourth-order valence-corrected chi connectivity index (χ4v) is 0.481. The van der Waals surface area contributed by atoms with Gasteiger partial charge in [0.15, 0.2) is 0 Å². The maximum atomic E-state index is 5.01. The fourth-order valence-electron chi connectivity index (χ4n) is 0.481. The van der Waals surface area contributed by atoms with Crippen LogP contribution in [0.15, 0.2) is 24.5 Å². The Morgan fingerprint density at radius 2 is 2.29 bits per heavy atom. The smallest absolute Gasteiger partial charge is 0.113 e. The van der Waals surface area contributed by atoms with Gasteiger partial charge < -0.3 is 4.74 Å². The van der Waals surface area contributed by atoms with Crippen molar-refractivity contribution in [2.75, 3.05) is 0 Å². The summed E-state index contributed by atoms with van der Waals surface area (Å²) in [6.07, 6.45) is 7.82. The lowest BCUT2D eigenvalue weighted by atomic mass is 10.3. The van der Waals surface area contributed by atoms with Gasteiger partial charge in [0.25, 0.3) is 0 Å². The molecule has 1 nitrogen and oxygen atoms in total. The van der Waals surface area contributed by atoms with Crippen LogP contribution in [0, 0.1) is 0 Å². The molecule has 0 aromatic heterocycles. The molecule has 0 saturated carbocycles. The van der Waals surface area contributed by atoms with Crippen molar-refractivity contribution in [3.8, 4) is 0 Å². The molecular formula is C6H8O. The Bertz CT molecular complexity index is 103. The summed E-state index contributed by atoms with van der Waals surface area (Å²) in [6, 6.07) is 0. The molecule has 1 aliphatic rings. The summed E-state index contributed by atoms with van der Waals surface area (Å²) in [4.78, 5) is 0. The summed E-state index contributed by atoms with van der Waals surface area (Å²) in [7, 11) is 0. The van der Waals surface area contributed by atoms with E-state index >= 15 is 0 Å². The SMILES string of the molecule is C[C@@H]1C=CC=CO1. The lowest BCUT2D eigenvalue weighted by molar-refractivity contribution is 0.200. The van der Waals surface area contributed by atoms with E-state index in [0.717, 1.165) is 0 Å². The number of rotatable bonds is 0. The zero-order valence-corrected chi connectivity index (χ0v) is 4.29. The van der Waals surface area contributed by atoms with Crippen LogP contribution in [0.25, 0.3) is 0 Å². The Hall–Kier alpha value is -0.720. The fraction of sp³-hybridized carbons (Fsp3) is 0.333. The van der Waals surface area contributed by atoms with Crippen LogP contribution in [0.4, 0.5) is 0 Å². The Morgan fingerprint density at radius 3 is 2.57 bits per heavy atom. The summed E-state index contributed by atoms with van der Waals surface area (Å²) in [5, 5.41) is 0. The van der Waals surface area contributed by atoms with Crippen LogP contribution in [0.1, 0.15) is 6.92 Å². The summed E-state index contributed by atoms with van der Waals surface area (Å²) in [6.45, 7) is 2.00. The molecule has 0 aromatic carbocycles. The number of hydrogen-bond acceptors (Lipinski definition) is 1. The van der Waals surface area contributed by atoms with Gasteiger partial charge in [0.1, 0.15) is 6.10 Å². The van der Waals surface area contributed by atoms with Crippen molar-refractivity contribution in [2.45, 2.75) is 13.0 Å². The van der Waals surface area contributed by atoms with Gasteiger partial charge in [-0.05, 0) is 19.1 Å². The van der Waals surface area contributed by atoms with Gasteiger partial charge in [0.2, 0.25) is 0 Å². The van der Waals surface area contributed by atoms with Gasteiger partial charge in [-0.25, -0.2) is 0 Å². The third-order valence-corrected chi connectivity index (χ3v) is 0.865. The highest BCUT2D eigenvalue weighted by atomic mass is 16.5. The van der Waals surface area contributed by atoms with Gasteiger partial charge in [-0.15, -0.1) is 0 Å². The molecule has 1 heteroatoms. The van der Waals surface area contributed by atoms with Crippen LogP contribution < -0.4 is 0 Å². The molecule has 0 fully saturated rings. The molecule has 0 bridgehead atoms.